The molecule has 0 amide bonds. The van der Waals surface area contributed by atoms with Crippen molar-refractivity contribution in [1.29, 1.82) is 5.41 Å². The van der Waals surface area contributed by atoms with Crippen molar-refractivity contribution < 1.29 is 14.0 Å². The zero-order chi connectivity index (χ0) is 19.2. The molecule has 1 saturated heterocycles. The molecule has 0 radical (unpaired) electrons. The maximum absolute atomic E-state index is 13.2. The molecule has 0 atom stereocenters. The minimum Gasteiger partial charge on any atom is -0.368 e. The number of hydroxylamine groups is 2. The highest BCUT2D eigenvalue weighted by atomic mass is 19.1. The number of nitrogens with zero attached hydrogens (tertiary/aromatic N) is 4. The van der Waals surface area contributed by atoms with Gasteiger partial charge in [-0.25, -0.2) is 18.8 Å². The van der Waals surface area contributed by atoms with Crippen LogP contribution in [0, 0.1) is 17.0 Å². The first-order valence-corrected chi connectivity index (χ1v) is 8.59. The number of anilines is 1. The molecule has 0 spiro atoms. The summed E-state index contributed by atoms with van der Waals surface area (Å²) < 4.78 is 26.2. The average molecular weight is 373 g/mol. The Bertz CT molecular complexity index is 804. The number of hydrogen-bond acceptors (Lipinski definition) is 3. The predicted molar refractivity (Wildman–Crippen MR) is 100 cm³/mol. The van der Waals surface area contributed by atoms with Crippen LogP contribution in [0.4, 0.5) is 14.5 Å². The van der Waals surface area contributed by atoms with Crippen molar-refractivity contribution in [3.8, 4) is 0 Å². The summed E-state index contributed by atoms with van der Waals surface area (Å²) in [5.74, 6) is -0.586. The van der Waals surface area contributed by atoms with Gasteiger partial charge in [0.2, 0.25) is 5.96 Å². The van der Waals surface area contributed by atoms with Crippen LogP contribution in [0.15, 0.2) is 53.5 Å². The van der Waals surface area contributed by atoms with E-state index in [-0.39, 0.29) is 24.1 Å². The first-order chi connectivity index (χ1) is 13.0. The fourth-order valence-electron chi connectivity index (χ4n) is 2.89. The molecule has 1 aliphatic rings. The maximum atomic E-state index is 13.2. The van der Waals surface area contributed by atoms with Gasteiger partial charge in [0.05, 0.1) is 6.54 Å². The Hall–Kier alpha value is -3.00. The molecule has 1 fully saturated rings. The van der Waals surface area contributed by atoms with E-state index in [0.717, 1.165) is 17.1 Å². The maximum Gasteiger partial charge on any atom is 0.219 e. The van der Waals surface area contributed by atoms with Crippen LogP contribution in [0.3, 0.4) is 0 Å². The highest BCUT2D eigenvalue weighted by Gasteiger charge is 2.19. The van der Waals surface area contributed by atoms with Gasteiger partial charge in [0, 0.05) is 31.9 Å². The van der Waals surface area contributed by atoms with Crippen molar-refractivity contribution >= 4 is 18.0 Å². The molecule has 8 heteroatoms. The Balaban J connectivity index is 1.48. The minimum atomic E-state index is -0.371. The van der Waals surface area contributed by atoms with Crippen molar-refractivity contribution in [2.24, 2.45) is 4.99 Å². The Labute approximate surface area is 156 Å². The lowest BCUT2D eigenvalue weighted by Gasteiger charge is -2.36. The summed E-state index contributed by atoms with van der Waals surface area (Å²) in [7, 11) is 0. The SMILES string of the molecule is N=C(/N=C\N(O)Cc1cccc(F)c1)N1CCN(c2ccc(F)cc2)CC1. The Kier molecular flexibility index (Phi) is 5.97. The Morgan fingerprint density at radius 3 is 2.44 bits per heavy atom. The second-order valence-corrected chi connectivity index (χ2v) is 6.25. The predicted octanol–water partition coefficient (Wildman–Crippen LogP) is 2.94. The normalized spacial score (nSPS) is 14.6. The van der Waals surface area contributed by atoms with Crippen LogP contribution in [0.2, 0.25) is 0 Å². The monoisotopic (exact) mass is 373 g/mol. The highest BCUT2D eigenvalue weighted by molar-refractivity contribution is 5.84. The molecule has 6 nitrogen and oxygen atoms in total. The van der Waals surface area contributed by atoms with Gasteiger partial charge < -0.3 is 9.80 Å². The lowest BCUT2D eigenvalue weighted by molar-refractivity contribution is -0.0165. The molecule has 0 bridgehead atoms. The lowest BCUT2D eigenvalue weighted by atomic mass is 10.2. The summed E-state index contributed by atoms with van der Waals surface area (Å²) >= 11 is 0. The standard InChI is InChI=1S/C19H21F2N5O/c20-16-4-6-18(7-5-16)24-8-10-25(11-9-24)19(22)23-14-26(27)13-15-2-1-3-17(21)12-15/h1-7,12,14,22,27H,8-11,13H2/b22-19?,23-14-. The van der Waals surface area contributed by atoms with Gasteiger partial charge in [0.15, 0.2) is 0 Å². The Morgan fingerprint density at radius 2 is 1.78 bits per heavy atom. The molecular formula is C19H21F2N5O. The molecule has 1 heterocycles. The number of hydrogen-bond donors (Lipinski definition) is 2. The van der Waals surface area contributed by atoms with E-state index in [4.69, 9.17) is 5.41 Å². The first kappa shape index (κ1) is 18.8. The summed E-state index contributed by atoms with van der Waals surface area (Å²) in [5, 5.41) is 18.7. The number of aliphatic imine (C=N–C) groups is 1. The first-order valence-electron chi connectivity index (χ1n) is 8.59. The van der Waals surface area contributed by atoms with E-state index in [2.05, 4.69) is 9.89 Å². The second kappa shape index (κ2) is 8.59. The molecule has 1 aliphatic heterocycles. The van der Waals surface area contributed by atoms with Crippen molar-refractivity contribution in [2.45, 2.75) is 6.54 Å². The molecule has 2 aromatic rings. The van der Waals surface area contributed by atoms with E-state index in [1.165, 1.54) is 24.3 Å². The molecule has 0 unspecified atom stereocenters. The fraction of sp³-hybridized carbons (Fsp3) is 0.263. The van der Waals surface area contributed by atoms with E-state index >= 15 is 0 Å². The number of halogens is 2. The van der Waals surface area contributed by atoms with Gasteiger partial charge in [-0.05, 0) is 42.0 Å². The third-order valence-electron chi connectivity index (χ3n) is 4.32. The molecule has 27 heavy (non-hydrogen) atoms. The van der Waals surface area contributed by atoms with Crippen LogP contribution in [0.1, 0.15) is 5.56 Å². The summed E-state index contributed by atoms with van der Waals surface area (Å²) in [6, 6.07) is 12.3. The van der Waals surface area contributed by atoms with Gasteiger partial charge in [-0.1, -0.05) is 12.1 Å². The van der Waals surface area contributed by atoms with Crippen LogP contribution in [-0.2, 0) is 6.54 Å². The van der Waals surface area contributed by atoms with Crippen LogP contribution >= 0.6 is 0 Å². The zero-order valence-electron chi connectivity index (χ0n) is 14.7. The molecule has 0 saturated carbocycles. The number of piperazine rings is 1. The third kappa shape index (κ3) is 5.24. The van der Waals surface area contributed by atoms with Gasteiger partial charge in [-0.3, -0.25) is 10.6 Å². The molecule has 0 aliphatic carbocycles. The molecule has 3 rings (SSSR count). The van der Waals surface area contributed by atoms with Crippen molar-refractivity contribution in [3.05, 3.63) is 65.7 Å². The van der Waals surface area contributed by atoms with E-state index in [1.54, 1.807) is 29.2 Å². The summed E-state index contributed by atoms with van der Waals surface area (Å²) in [6.45, 7) is 2.66. The van der Waals surface area contributed by atoms with E-state index in [0.29, 0.717) is 31.7 Å². The smallest absolute Gasteiger partial charge is 0.219 e. The molecule has 2 N–H and O–H groups in total. The summed E-state index contributed by atoms with van der Waals surface area (Å²) in [5.41, 5.74) is 1.55. The lowest BCUT2D eigenvalue weighted by Crippen LogP contribution is -2.48. The van der Waals surface area contributed by atoms with Gasteiger partial charge >= 0.3 is 0 Å². The van der Waals surface area contributed by atoms with Gasteiger partial charge in [0.1, 0.15) is 18.0 Å². The van der Waals surface area contributed by atoms with E-state index < -0.39 is 0 Å². The average Bonchev–Trinajstić information content (AvgIpc) is 2.67. The molecule has 0 aromatic heterocycles. The van der Waals surface area contributed by atoms with Gasteiger partial charge in [-0.2, -0.15) is 0 Å². The molecule has 142 valence electrons. The van der Waals surface area contributed by atoms with Crippen molar-refractivity contribution in [1.82, 2.24) is 9.96 Å². The zero-order valence-corrected chi connectivity index (χ0v) is 14.7. The number of nitrogens with one attached hydrogen (secondary N) is 1. The van der Waals surface area contributed by atoms with Gasteiger partial charge in [-0.15, -0.1) is 0 Å². The Morgan fingerprint density at radius 1 is 1.07 bits per heavy atom. The summed E-state index contributed by atoms with van der Waals surface area (Å²) in [4.78, 5) is 7.89. The number of rotatable bonds is 4. The highest BCUT2D eigenvalue weighted by Crippen LogP contribution is 2.17. The summed E-state index contributed by atoms with van der Waals surface area (Å²) in [6.07, 6.45) is 1.15. The fourth-order valence-corrected chi connectivity index (χ4v) is 2.89. The second-order valence-electron chi connectivity index (χ2n) is 6.25. The van der Waals surface area contributed by atoms with Crippen molar-refractivity contribution in [3.63, 3.8) is 0 Å². The third-order valence-corrected chi connectivity index (χ3v) is 4.32. The van der Waals surface area contributed by atoms with E-state index in [1.807, 2.05) is 0 Å². The van der Waals surface area contributed by atoms with Crippen LogP contribution in [-0.4, -0.2) is 53.6 Å². The van der Waals surface area contributed by atoms with Crippen LogP contribution in [0.25, 0.3) is 0 Å². The van der Waals surface area contributed by atoms with Gasteiger partial charge in [0.25, 0.3) is 0 Å². The molecular weight excluding hydrogens is 352 g/mol. The molecule has 2 aromatic carbocycles. The largest absolute Gasteiger partial charge is 0.368 e. The van der Waals surface area contributed by atoms with Crippen LogP contribution in [0.5, 0.6) is 0 Å². The van der Waals surface area contributed by atoms with Crippen LogP contribution < -0.4 is 4.90 Å². The van der Waals surface area contributed by atoms with Crippen molar-refractivity contribution in [2.75, 3.05) is 31.1 Å². The topological polar surface area (TPSA) is 66.2 Å². The number of benzene rings is 2. The number of guanidine groups is 1. The minimum absolute atomic E-state index is 0.0482. The quantitative estimate of drug-likeness (QED) is 0.491. The van der Waals surface area contributed by atoms with E-state index in [9.17, 15) is 14.0 Å².